The number of aryl methyl sites for hydroxylation is 2. The summed E-state index contributed by atoms with van der Waals surface area (Å²) in [6, 6.07) is 10.1. The molecule has 1 aromatic carbocycles. The molecule has 3 nitrogen and oxygen atoms in total. The molecular formula is C17H22N2O. The summed E-state index contributed by atoms with van der Waals surface area (Å²) in [5.74, 6) is 0.890. The van der Waals surface area contributed by atoms with E-state index in [1.807, 2.05) is 18.2 Å². The van der Waals surface area contributed by atoms with Crippen LogP contribution in [-0.2, 0) is 0 Å². The Hall–Kier alpha value is -1.87. The zero-order chi connectivity index (χ0) is 14.5. The van der Waals surface area contributed by atoms with Crippen LogP contribution in [-0.4, -0.2) is 11.0 Å². The SMILES string of the molecule is CCC(N)C(Oc1ccc(C)cc1C)c1ccncc1. The average Bonchev–Trinajstić information content (AvgIpc) is 2.46. The molecule has 20 heavy (non-hydrogen) atoms. The van der Waals surface area contributed by atoms with E-state index in [2.05, 4.69) is 37.9 Å². The van der Waals surface area contributed by atoms with Crippen LogP contribution in [0.25, 0.3) is 0 Å². The van der Waals surface area contributed by atoms with Crippen molar-refractivity contribution in [1.82, 2.24) is 4.98 Å². The van der Waals surface area contributed by atoms with Crippen molar-refractivity contribution in [2.24, 2.45) is 5.73 Å². The lowest BCUT2D eigenvalue weighted by Crippen LogP contribution is -2.31. The van der Waals surface area contributed by atoms with E-state index in [0.29, 0.717) is 0 Å². The highest BCUT2D eigenvalue weighted by molar-refractivity contribution is 5.36. The van der Waals surface area contributed by atoms with Gasteiger partial charge in [0.15, 0.2) is 0 Å². The lowest BCUT2D eigenvalue weighted by molar-refractivity contribution is 0.170. The Morgan fingerprint density at radius 2 is 1.85 bits per heavy atom. The zero-order valence-electron chi connectivity index (χ0n) is 12.3. The van der Waals surface area contributed by atoms with Crippen LogP contribution in [0.3, 0.4) is 0 Å². The van der Waals surface area contributed by atoms with Crippen LogP contribution < -0.4 is 10.5 Å². The van der Waals surface area contributed by atoms with Gasteiger partial charge in [-0.3, -0.25) is 4.98 Å². The Morgan fingerprint density at radius 3 is 2.45 bits per heavy atom. The van der Waals surface area contributed by atoms with Gasteiger partial charge in [0.25, 0.3) is 0 Å². The number of aromatic nitrogens is 1. The smallest absolute Gasteiger partial charge is 0.139 e. The first kappa shape index (κ1) is 14.5. The maximum Gasteiger partial charge on any atom is 0.139 e. The second-order valence-corrected chi connectivity index (χ2v) is 5.16. The highest BCUT2D eigenvalue weighted by Gasteiger charge is 2.21. The first-order valence-electron chi connectivity index (χ1n) is 7.01. The molecule has 2 N–H and O–H groups in total. The summed E-state index contributed by atoms with van der Waals surface area (Å²) in [4.78, 5) is 4.05. The van der Waals surface area contributed by atoms with Crippen LogP contribution in [0.4, 0.5) is 0 Å². The first-order chi connectivity index (χ1) is 9.61. The molecule has 0 amide bonds. The van der Waals surface area contributed by atoms with Gasteiger partial charge in [-0.2, -0.15) is 0 Å². The van der Waals surface area contributed by atoms with E-state index in [-0.39, 0.29) is 12.1 Å². The van der Waals surface area contributed by atoms with E-state index in [9.17, 15) is 0 Å². The fraction of sp³-hybridized carbons (Fsp3) is 0.353. The van der Waals surface area contributed by atoms with Gasteiger partial charge in [0, 0.05) is 18.4 Å². The van der Waals surface area contributed by atoms with Crippen molar-refractivity contribution in [3.8, 4) is 5.75 Å². The molecule has 0 spiro atoms. The Balaban J connectivity index is 2.29. The molecular weight excluding hydrogens is 248 g/mol. The van der Waals surface area contributed by atoms with Crippen molar-refractivity contribution >= 4 is 0 Å². The maximum atomic E-state index is 6.23. The van der Waals surface area contributed by atoms with Crippen LogP contribution in [0.15, 0.2) is 42.7 Å². The van der Waals surface area contributed by atoms with Crippen LogP contribution in [0, 0.1) is 13.8 Å². The van der Waals surface area contributed by atoms with Crippen molar-refractivity contribution in [3.63, 3.8) is 0 Å². The van der Waals surface area contributed by atoms with E-state index >= 15 is 0 Å². The summed E-state index contributed by atoms with van der Waals surface area (Å²) < 4.78 is 6.19. The fourth-order valence-electron chi connectivity index (χ4n) is 2.24. The van der Waals surface area contributed by atoms with Crippen LogP contribution in [0.2, 0.25) is 0 Å². The summed E-state index contributed by atoms with van der Waals surface area (Å²) in [6.07, 6.45) is 4.26. The number of pyridine rings is 1. The van der Waals surface area contributed by atoms with Gasteiger partial charge in [-0.05, 0) is 49.6 Å². The van der Waals surface area contributed by atoms with Gasteiger partial charge in [-0.25, -0.2) is 0 Å². The molecule has 0 aliphatic carbocycles. The summed E-state index contributed by atoms with van der Waals surface area (Å²) in [7, 11) is 0. The van der Waals surface area contributed by atoms with Gasteiger partial charge in [-0.15, -0.1) is 0 Å². The molecule has 0 saturated carbocycles. The average molecular weight is 270 g/mol. The van der Waals surface area contributed by atoms with Gasteiger partial charge in [0.1, 0.15) is 11.9 Å². The topological polar surface area (TPSA) is 48.1 Å². The molecule has 2 aromatic rings. The number of nitrogens with two attached hydrogens (primary N) is 1. The minimum atomic E-state index is -0.149. The number of hydrogen-bond donors (Lipinski definition) is 1. The molecule has 2 unspecified atom stereocenters. The third-order valence-electron chi connectivity index (χ3n) is 3.48. The third-order valence-corrected chi connectivity index (χ3v) is 3.48. The second-order valence-electron chi connectivity index (χ2n) is 5.16. The van der Waals surface area contributed by atoms with E-state index in [1.165, 1.54) is 5.56 Å². The van der Waals surface area contributed by atoms with Crippen molar-refractivity contribution in [2.75, 3.05) is 0 Å². The van der Waals surface area contributed by atoms with Crippen molar-refractivity contribution in [1.29, 1.82) is 0 Å². The largest absolute Gasteiger partial charge is 0.484 e. The molecule has 0 aliphatic heterocycles. The maximum absolute atomic E-state index is 6.23. The summed E-state index contributed by atoms with van der Waals surface area (Å²) in [5.41, 5.74) is 9.66. The number of ether oxygens (including phenoxy) is 1. The van der Waals surface area contributed by atoms with E-state index in [0.717, 1.165) is 23.3 Å². The van der Waals surface area contributed by atoms with Crippen molar-refractivity contribution in [3.05, 3.63) is 59.4 Å². The molecule has 0 fully saturated rings. The summed E-state index contributed by atoms with van der Waals surface area (Å²) >= 11 is 0. The molecule has 0 bridgehead atoms. The number of rotatable bonds is 5. The Kier molecular flexibility index (Phi) is 4.74. The highest BCUT2D eigenvalue weighted by atomic mass is 16.5. The monoisotopic (exact) mass is 270 g/mol. The van der Waals surface area contributed by atoms with Gasteiger partial charge in [0.05, 0.1) is 0 Å². The van der Waals surface area contributed by atoms with Crippen LogP contribution in [0.1, 0.15) is 36.1 Å². The molecule has 0 aliphatic rings. The molecule has 2 atom stereocenters. The van der Waals surface area contributed by atoms with Crippen molar-refractivity contribution in [2.45, 2.75) is 39.3 Å². The number of benzene rings is 1. The zero-order valence-corrected chi connectivity index (χ0v) is 12.3. The normalized spacial score (nSPS) is 13.8. The van der Waals surface area contributed by atoms with Gasteiger partial charge in [0.2, 0.25) is 0 Å². The summed E-state index contributed by atoms with van der Waals surface area (Å²) in [5, 5.41) is 0. The van der Waals surface area contributed by atoms with Crippen LogP contribution in [0.5, 0.6) is 5.75 Å². The Bertz CT molecular complexity index is 554. The second kappa shape index (κ2) is 6.53. The van der Waals surface area contributed by atoms with E-state index < -0.39 is 0 Å². The van der Waals surface area contributed by atoms with E-state index in [4.69, 9.17) is 10.5 Å². The minimum absolute atomic E-state index is 0.0434. The third kappa shape index (κ3) is 3.36. The Labute approximate surface area is 120 Å². The van der Waals surface area contributed by atoms with Gasteiger partial charge in [-0.1, -0.05) is 24.6 Å². The van der Waals surface area contributed by atoms with Crippen LogP contribution >= 0.6 is 0 Å². The highest BCUT2D eigenvalue weighted by Crippen LogP contribution is 2.28. The Morgan fingerprint density at radius 1 is 1.15 bits per heavy atom. The molecule has 0 radical (unpaired) electrons. The fourth-order valence-corrected chi connectivity index (χ4v) is 2.24. The molecule has 106 valence electrons. The molecule has 2 rings (SSSR count). The van der Waals surface area contributed by atoms with Crippen molar-refractivity contribution < 1.29 is 4.74 Å². The lowest BCUT2D eigenvalue weighted by Gasteiger charge is -2.25. The van der Waals surface area contributed by atoms with E-state index in [1.54, 1.807) is 12.4 Å². The summed E-state index contributed by atoms with van der Waals surface area (Å²) in [6.45, 7) is 6.21. The molecule has 0 saturated heterocycles. The van der Waals surface area contributed by atoms with Gasteiger partial charge >= 0.3 is 0 Å². The minimum Gasteiger partial charge on any atom is -0.484 e. The van der Waals surface area contributed by atoms with Gasteiger partial charge < -0.3 is 10.5 Å². The molecule has 1 aromatic heterocycles. The number of hydrogen-bond acceptors (Lipinski definition) is 3. The number of nitrogens with zero attached hydrogens (tertiary/aromatic N) is 1. The standard InChI is InChI=1S/C17H22N2O/c1-4-15(18)17(14-7-9-19-10-8-14)20-16-6-5-12(2)11-13(16)3/h5-11,15,17H,4,18H2,1-3H3. The predicted octanol–water partition coefficient (Wildman–Crippen LogP) is 3.56. The predicted molar refractivity (Wildman–Crippen MR) is 81.8 cm³/mol. The first-order valence-corrected chi connectivity index (χ1v) is 7.01. The molecule has 3 heteroatoms. The lowest BCUT2D eigenvalue weighted by atomic mass is 10.0. The molecule has 1 heterocycles. The quantitative estimate of drug-likeness (QED) is 0.903.